The Morgan fingerprint density at radius 1 is 1.09 bits per heavy atom. The van der Waals surface area contributed by atoms with Gasteiger partial charge in [0, 0.05) is 17.8 Å². The maximum absolute atomic E-state index is 11.8. The normalized spacial score (nSPS) is 16.1. The smallest absolute Gasteiger partial charge is 0.147 e. The highest BCUT2D eigenvalue weighted by Gasteiger charge is 2.30. The van der Waals surface area contributed by atoms with Gasteiger partial charge in [-0.2, -0.15) is 0 Å². The third kappa shape index (κ3) is 2.43. The molecule has 0 fully saturated rings. The number of anilines is 1. The Morgan fingerprint density at radius 2 is 1.91 bits per heavy atom. The highest BCUT2D eigenvalue weighted by molar-refractivity contribution is 5.89. The van der Waals surface area contributed by atoms with Gasteiger partial charge in [0.05, 0.1) is 0 Å². The number of hydrogen-bond acceptors (Lipinski definition) is 2. The number of aryl methyl sites for hydroxylation is 1. The third-order valence-corrected chi connectivity index (χ3v) is 4.57. The highest BCUT2D eigenvalue weighted by atomic mass is 16.1. The molecule has 1 heterocycles. The molecule has 1 atom stereocenters. The van der Waals surface area contributed by atoms with Crippen LogP contribution in [0.15, 0.2) is 42.5 Å². The second-order valence-electron chi connectivity index (χ2n) is 5.92. The Bertz CT molecular complexity index is 677. The molecule has 0 amide bonds. The number of unbranched alkanes of at least 4 members (excludes halogenated alkanes) is 1. The Kier molecular flexibility index (Phi) is 4.28. The molecule has 0 aromatic heterocycles. The lowest BCUT2D eigenvalue weighted by molar-refractivity contribution is -0.109. The zero-order chi connectivity index (χ0) is 15.5. The summed E-state index contributed by atoms with van der Waals surface area (Å²) in [5.74, 6) is 0. The molecule has 1 unspecified atom stereocenters. The number of fused-ring (bicyclic) bond motifs is 3. The molecular weight excluding hydrogens is 270 g/mol. The molecule has 22 heavy (non-hydrogen) atoms. The van der Waals surface area contributed by atoms with Crippen molar-refractivity contribution in [3.05, 3.63) is 53.6 Å². The van der Waals surface area contributed by atoms with Crippen molar-refractivity contribution in [3.63, 3.8) is 0 Å². The first-order chi connectivity index (χ1) is 10.8. The van der Waals surface area contributed by atoms with E-state index in [0.717, 1.165) is 37.7 Å². The number of aldehydes is 1. The summed E-state index contributed by atoms with van der Waals surface area (Å²) in [6, 6.07) is 14.8. The van der Waals surface area contributed by atoms with Crippen LogP contribution in [0.3, 0.4) is 0 Å². The van der Waals surface area contributed by atoms with Crippen molar-refractivity contribution >= 4 is 12.0 Å². The molecule has 2 aromatic rings. The molecule has 0 spiro atoms. The molecule has 0 bridgehead atoms. The molecule has 2 heteroatoms. The van der Waals surface area contributed by atoms with Crippen LogP contribution in [0, 0.1) is 0 Å². The molecule has 0 aliphatic carbocycles. The first-order valence-corrected chi connectivity index (χ1v) is 8.24. The number of nitrogens with zero attached hydrogens (tertiary/aromatic N) is 1. The van der Waals surface area contributed by atoms with Gasteiger partial charge in [0.15, 0.2) is 0 Å². The number of benzene rings is 2. The van der Waals surface area contributed by atoms with Crippen molar-refractivity contribution in [3.8, 4) is 11.1 Å². The highest BCUT2D eigenvalue weighted by Crippen LogP contribution is 2.44. The molecule has 2 aromatic carbocycles. The van der Waals surface area contributed by atoms with Gasteiger partial charge in [0.2, 0.25) is 0 Å². The van der Waals surface area contributed by atoms with E-state index in [1.165, 1.54) is 22.4 Å². The zero-order valence-electron chi connectivity index (χ0n) is 13.4. The summed E-state index contributed by atoms with van der Waals surface area (Å²) >= 11 is 0. The molecule has 1 aliphatic heterocycles. The first kappa shape index (κ1) is 14.8. The summed E-state index contributed by atoms with van der Waals surface area (Å²) in [6.07, 6.45) is 4.35. The van der Waals surface area contributed by atoms with Gasteiger partial charge in [-0.05, 0) is 41.7 Å². The lowest BCUT2D eigenvalue weighted by Crippen LogP contribution is -2.34. The van der Waals surface area contributed by atoms with Gasteiger partial charge in [-0.1, -0.05) is 50.6 Å². The summed E-state index contributed by atoms with van der Waals surface area (Å²) in [5.41, 5.74) is 6.14. The Labute approximate surface area is 132 Å². The monoisotopic (exact) mass is 293 g/mol. The van der Waals surface area contributed by atoms with Crippen LogP contribution < -0.4 is 4.90 Å². The SMILES string of the molecule is CCCCN1c2ccc(CC)cc2-c2ccccc2C1C=O. The first-order valence-electron chi connectivity index (χ1n) is 8.24. The summed E-state index contributed by atoms with van der Waals surface area (Å²) in [5, 5.41) is 0. The van der Waals surface area contributed by atoms with Crippen LogP contribution in [-0.4, -0.2) is 12.8 Å². The minimum absolute atomic E-state index is 0.164. The zero-order valence-corrected chi connectivity index (χ0v) is 13.4. The molecule has 0 saturated heterocycles. The van der Waals surface area contributed by atoms with E-state index in [0.29, 0.717) is 0 Å². The van der Waals surface area contributed by atoms with Gasteiger partial charge in [-0.3, -0.25) is 0 Å². The van der Waals surface area contributed by atoms with Gasteiger partial charge < -0.3 is 9.69 Å². The van der Waals surface area contributed by atoms with E-state index in [1.807, 2.05) is 6.07 Å². The van der Waals surface area contributed by atoms with Crippen LogP contribution in [0.25, 0.3) is 11.1 Å². The van der Waals surface area contributed by atoms with Gasteiger partial charge in [0.1, 0.15) is 12.3 Å². The molecule has 0 N–H and O–H groups in total. The minimum Gasteiger partial charge on any atom is -0.357 e. The fourth-order valence-electron chi connectivity index (χ4n) is 3.32. The quantitative estimate of drug-likeness (QED) is 0.740. The second kappa shape index (κ2) is 6.35. The molecule has 3 rings (SSSR count). The summed E-state index contributed by atoms with van der Waals surface area (Å²) in [7, 11) is 0. The van der Waals surface area contributed by atoms with E-state index in [1.54, 1.807) is 0 Å². The van der Waals surface area contributed by atoms with Crippen molar-refractivity contribution in [2.75, 3.05) is 11.4 Å². The van der Waals surface area contributed by atoms with Crippen LogP contribution in [0.5, 0.6) is 0 Å². The van der Waals surface area contributed by atoms with Crippen molar-refractivity contribution in [1.29, 1.82) is 0 Å². The van der Waals surface area contributed by atoms with Crippen molar-refractivity contribution in [1.82, 2.24) is 0 Å². The van der Waals surface area contributed by atoms with Gasteiger partial charge in [-0.15, -0.1) is 0 Å². The predicted molar refractivity (Wildman–Crippen MR) is 92.3 cm³/mol. The number of carbonyl (C=O) groups is 1. The molecule has 2 nitrogen and oxygen atoms in total. The molecule has 114 valence electrons. The molecule has 1 aliphatic rings. The van der Waals surface area contributed by atoms with Gasteiger partial charge >= 0.3 is 0 Å². The number of rotatable bonds is 5. The topological polar surface area (TPSA) is 20.3 Å². The van der Waals surface area contributed by atoms with E-state index in [-0.39, 0.29) is 6.04 Å². The molecular formula is C20H23NO. The van der Waals surface area contributed by atoms with Crippen molar-refractivity contribution in [2.45, 2.75) is 39.2 Å². The third-order valence-electron chi connectivity index (χ3n) is 4.57. The lowest BCUT2D eigenvalue weighted by atomic mass is 9.87. The van der Waals surface area contributed by atoms with E-state index < -0.39 is 0 Å². The molecule has 0 saturated carbocycles. The van der Waals surface area contributed by atoms with Crippen LogP contribution in [0.1, 0.15) is 43.9 Å². The van der Waals surface area contributed by atoms with Crippen molar-refractivity contribution < 1.29 is 4.79 Å². The average molecular weight is 293 g/mol. The average Bonchev–Trinajstić information content (AvgIpc) is 2.58. The van der Waals surface area contributed by atoms with Gasteiger partial charge in [0.25, 0.3) is 0 Å². The standard InChI is InChI=1S/C20H23NO/c1-3-5-12-21-19-11-10-15(4-2)13-18(19)16-8-6-7-9-17(16)20(21)14-22/h6-11,13-14,20H,3-5,12H2,1-2H3. The van der Waals surface area contributed by atoms with E-state index in [2.05, 4.69) is 55.1 Å². The fourth-order valence-corrected chi connectivity index (χ4v) is 3.32. The van der Waals surface area contributed by atoms with E-state index >= 15 is 0 Å². The predicted octanol–water partition coefficient (Wildman–Crippen LogP) is 4.78. The second-order valence-corrected chi connectivity index (χ2v) is 5.92. The van der Waals surface area contributed by atoms with E-state index in [4.69, 9.17) is 0 Å². The summed E-state index contributed by atoms with van der Waals surface area (Å²) in [6.45, 7) is 5.29. The number of hydrogen-bond donors (Lipinski definition) is 0. The minimum atomic E-state index is -0.164. The van der Waals surface area contributed by atoms with Crippen LogP contribution in [0.2, 0.25) is 0 Å². The number of carbonyl (C=O) groups excluding carboxylic acids is 1. The summed E-state index contributed by atoms with van der Waals surface area (Å²) < 4.78 is 0. The van der Waals surface area contributed by atoms with Crippen LogP contribution in [0.4, 0.5) is 5.69 Å². The Morgan fingerprint density at radius 3 is 2.64 bits per heavy atom. The molecule has 0 radical (unpaired) electrons. The van der Waals surface area contributed by atoms with Crippen molar-refractivity contribution in [2.24, 2.45) is 0 Å². The summed E-state index contributed by atoms with van der Waals surface area (Å²) in [4.78, 5) is 14.1. The van der Waals surface area contributed by atoms with Gasteiger partial charge in [-0.25, -0.2) is 0 Å². The van der Waals surface area contributed by atoms with E-state index in [9.17, 15) is 4.79 Å². The maximum Gasteiger partial charge on any atom is 0.147 e. The van der Waals surface area contributed by atoms with Crippen LogP contribution in [-0.2, 0) is 11.2 Å². The van der Waals surface area contributed by atoms with Crippen LogP contribution >= 0.6 is 0 Å². The fraction of sp³-hybridized carbons (Fsp3) is 0.350. The maximum atomic E-state index is 11.8. The Balaban J connectivity index is 2.18. The Hall–Kier alpha value is -2.09. The largest absolute Gasteiger partial charge is 0.357 e. The lowest BCUT2D eigenvalue weighted by Gasteiger charge is -2.38.